The Hall–Kier alpha value is -2.20. The maximum atomic E-state index is 13.4. The zero-order valence-electron chi connectivity index (χ0n) is 20.5. The van der Waals surface area contributed by atoms with Gasteiger partial charge in [-0.25, -0.2) is 4.79 Å². The SMILES string of the molecule is CC(C)CC(N)C(=O)NC(CC(C)C)C(=O)N1CCCC1C(=O)NC(CCCCN)C(=O)O. The molecule has 0 spiro atoms. The van der Waals surface area contributed by atoms with Crippen molar-refractivity contribution >= 4 is 23.7 Å². The second-order valence-corrected chi connectivity index (χ2v) is 9.80. The molecule has 0 aromatic rings. The number of carboxylic acids is 1. The molecule has 190 valence electrons. The summed E-state index contributed by atoms with van der Waals surface area (Å²) < 4.78 is 0. The van der Waals surface area contributed by atoms with Crippen molar-refractivity contribution in [2.24, 2.45) is 23.3 Å². The first kappa shape index (κ1) is 28.8. The van der Waals surface area contributed by atoms with Gasteiger partial charge in [0.1, 0.15) is 18.1 Å². The van der Waals surface area contributed by atoms with Crippen LogP contribution in [-0.4, -0.2) is 71.0 Å². The number of unbranched alkanes of at least 4 members (excludes halogenated alkanes) is 1. The van der Waals surface area contributed by atoms with E-state index in [-0.39, 0.29) is 30.1 Å². The molecule has 4 atom stereocenters. The average molecular weight is 470 g/mol. The van der Waals surface area contributed by atoms with Crippen LogP contribution in [0, 0.1) is 11.8 Å². The van der Waals surface area contributed by atoms with Crippen LogP contribution in [0.25, 0.3) is 0 Å². The summed E-state index contributed by atoms with van der Waals surface area (Å²) in [6, 6.07) is -3.29. The molecule has 1 aliphatic rings. The van der Waals surface area contributed by atoms with E-state index in [0.29, 0.717) is 51.6 Å². The van der Waals surface area contributed by atoms with Gasteiger partial charge in [-0.05, 0) is 63.3 Å². The summed E-state index contributed by atoms with van der Waals surface area (Å²) >= 11 is 0. The largest absolute Gasteiger partial charge is 0.480 e. The fourth-order valence-corrected chi connectivity index (χ4v) is 4.11. The van der Waals surface area contributed by atoms with Crippen molar-refractivity contribution in [3.8, 4) is 0 Å². The molecule has 1 fully saturated rings. The highest BCUT2D eigenvalue weighted by Gasteiger charge is 2.39. The number of nitrogens with one attached hydrogen (secondary N) is 2. The molecule has 0 radical (unpaired) electrons. The number of nitrogens with two attached hydrogens (primary N) is 2. The average Bonchev–Trinajstić information content (AvgIpc) is 3.21. The lowest BCUT2D eigenvalue weighted by Crippen LogP contribution is -2.57. The second kappa shape index (κ2) is 14.1. The van der Waals surface area contributed by atoms with Gasteiger partial charge in [0.15, 0.2) is 0 Å². The fourth-order valence-electron chi connectivity index (χ4n) is 4.11. The lowest BCUT2D eigenvalue weighted by Gasteiger charge is -2.30. The molecule has 0 aromatic heterocycles. The number of hydrogen-bond acceptors (Lipinski definition) is 6. The van der Waals surface area contributed by atoms with Gasteiger partial charge in [0, 0.05) is 6.54 Å². The summed E-state index contributed by atoms with van der Waals surface area (Å²) in [6.45, 7) is 8.68. The van der Waals surface area contributed by atoms with Gasteiger partial charge < -0.3 is 32.1 Å². The molecule has 1 rings (SSSR count). The van der Waals surface area contributed by atoms with Crippen LogP contribution in [0.1, 0.15) is 72.6 Å². The molecule has 0 aromatic carbocycles. The standard InChI is InChI=1S/C23H43N5O5/c1-14(2)12-16(25)20(29)27-18(13-15(3)4)22(31)28-11-7-9-19(28)21(30)26-17(23(32)33)8-5-6-10-24/h14-19H,5-13,24-25H2,1-4H3,(H,26,30)(H,27,29)(H,32,33). The minimum Gasteiger partial charge on any atom is -0.480 e. The van der Waals surface area contributed by atoms with Crippen LogP contribution in [0.4, 0.5) is 0 Å². The molecule has 0 saturated carbocycles. The summed E-state index contributed by atoms with van der Waals surface area (Å²) in [4.78, 5) is 51.9. The van der Waals surface area contributed by atoms with E-state index >= 15 is 0 Å². The van der Waals surface area contributed by atoms with Gasteiger partial charge >= 0.3 is 5.97 Å². The predicted molar refractivity (Wildman–Crippen MR) is 126 cm³/mol. The Bertz CT molecular complexity index is 670. The highest BCUT2D eigenvalue weighted by Crippen LogP contribution is 2.21. The van der Waals surface area contributed by atoms with Crippen molar-refractivity contribution in [3.63, 3.8) is 0 Å². The Labute approximate surface area is 197 Å². The Morgan fingerprint density at radius 1 is 1.00 bits per heavy atom. The van der Waals surface area contributed by atoms with Gasteiger partial charge in [-0.3, -0.25) is 14.4 Å². The molecule has 0 bridgehead atoms. The maximum Gasteiger partial charge on any atom is 0.326 e. The molecule has 1 aliphatic heterocycles. The zero-order chi connectivity index (χ0) is 25.1. The van der Waals surface area contributed by atoms with E-state index in [1.807, 2.05) is 27.7 Å². The third-order valence-corrected chi connectivity index (χ3v) is 5.78. The molecule has 33 heavy (non-hydrogen) atoms. The number of hydrogen-bond donors (Lipinski definition) is 5. The van der Waals surface area contributed by atoms with Gasteiger partial charge in [-0.15, -0.1) is 0 Å². The quantitative estimate of drug-likeness (QED) is 0.232. The van der Waals surface area contributed by atoms with Crippen LogP contribution < -0.4 is 22.1 Å². The monoisotopic (exact) mass is 469 g/mol. The van der Waals surface area contributed by atoms with Crippen LogP contribution in [0.15, 0.2) is 0 Å². The summed E-state index contributed by atoms with van der Waals surface area (Å²) in [5.41, 5.74) is 11.5. The van der Waals surface area contributed by atoms with Crippen LogP contribution >= 0.6 is 0 Å². The third-order valence-electron chi connectivity index (χ3n) is 5.78. The summed E-state index contributed by atoms with van der Waals surface area (Å²) in [5.74, 6) is -1.93. The number of carboxylic acid groups (broad SMARTS) is 1. The molecule has 10 nitrogen and oxygen atoms in total. The minimum atomic E-state index is -1.11. The lowest BCUT2D eigenvalue weighted by atomic mass is 10.00. The van der Waals surface area contributed by atoms with Crippen LogP contribution in [0.3, 0.4) is 0 Å². The van der Waals surface area contributed by atoms with Crippen molar-refractivity contribution in [1.82, 2.24) is 15.5 Å². The molecule has 1 saturated heterocycles. The molecular weight excluding hydrogens is 426 g/mol. The van der Waals surface area contributed by atoms with Crippen LogP contribution in [0.2, 0.25) is 0 Å². The number of carbonyl (C=O) groups excluding carboxylic acids is 3. The Balaban J connectivity index is 2.90. The van der Waals surface area contributed by atoms with E-state index in [9.17, 15) is 24.3 Å². The van der Waals surface area contributed by atoms with Crippen molar-refractivity contribution in [1.29, 1.82) is 0 Å². The molecule has 3 amide bonds. The van der Waals surface area contributed by atoms with Gasteiger partial charge in [0.25, 0.3) is 0 Å². The minimum absolute atomic E-state index is 0.134. The van der Waals surface area contributed by atoms with Crippen LogP contribution in [0.5, 0.6) is 0 Å². The fraction of sp³-hybridized carbons (Fsp3) is 0.826. The number of rotatable bonds is 14. The topological polar surface area (TPSA) is 168 Å². The Morgan fingerprint density at radius 3 is 2.18 bits per heavy atom. The zero-order valence-corrected chi connectivity index (χ0v) is 20.5. The summed E-state index contributed by atoms with van der Waals surface area (Å²) in [5, 5.41) is 14.8. The van der Waals surface area contributed by atoms with E-state index in [2.05, 4.69) is 10.6 Å². The Kier molecular flexibility index (Phi) is 12.4. The van der Waals surface area contributed by atoms with Gasteiger partial charge in [0.2, 0.25) is 17.7 Å². The predicted octanol–water partition coefficient (Wildman–Crippen LogP) is 0.580. The lowest BCUT2D eigenvalue weighted by molar-refractivity contribution is -0.145. The number of likely N-dealkylation sites (tertiary alicyclic amines) is 1. The second-order valence-electron chi connectivity index (χ2n) is 9.80. The summed E-state index contributed by atoms with van der Waals surface area (Å²) in [7, 11) is 0. The van der Waals surface area contributed by atoms with Crippen molar-refractivity contribution in [2.75, 3.05) is 13.1 Å². The van der Waals surface area contributed by atoms with Crippen LogP contribution in [-0.2, 0) is 19.2 Å². The first-order valence-electron chi connectivity index (χ1n) is 12.1. The summed E-state index contributed by atoms with van der Waals surface area (Å²) in [6.07, 6.45) is 3.53. The van der Waals surface area contributed by atoms with Crippen molar-refractivity contribution in [2.45, 2.75) is 96.8 Å². The number of amides is 3. The van der Waals surface area contributed by atoms with E-state index < -0.39 is 36.0 Å². The molecule has 7 N–H and O–H groups in total. The Morgan fingerprint density at radius 2 is 1.64 bits per heavy atom. The normalized spacial score (nSPS) is 18.8. The molecule has 1 heterocycles. The van der Waals surface area contributed by atoms with Crippen molar-refractivity contribution in [3.05, 3.63) is 0 Å². The number of nitrogens with zero attached hydrogens (tertiary/aromatic N) is 1. The molecular formula is C23H43N5O5. The van der Waals surface area contributed by atoms with Gasteiger partial charge in [-0.1, -0.05) is 27.7 Å². The smallest absolute Gasteiger partial charge is 0.326 e. The van der Waals surface area contributed by atoms with E-state index in [4.69, 9.17) is 11.5 Å². The van der Waals surface area contributed by atoms with Crippen molar-refractivity contribution < 1.29 is 24.3 Å². The van der Waals surface area contributed by atoms with Gasteiger partial charge in [0.05, 0.1) is 6.04 Å². The van der Waals surface area contributed by atoms with E-state index in [0.717, 1.165) is 0 Å². The molecule has 10 heteroatoms. The first-order valence-corrected chi connectivity index (χ1v) is 12.1. The van der Waals surface area contributed by atoms with Gasteiger partial charge in [-0.2, -0.15) is 0 Å². The number of aliphatic carboxylic acids is 1. The maximum absolute atomic E-state index is 13.4. The van der Waals surface area contributed by atoms with E-state index in [1.165, 1.54) is 4.90 Å². The first-order chi connectivity index (χ1) is 15.5. The molecule has 4 unspecified atom stereocenters. The van der Waals surface area contributed by atoms with E-state index in [1.54, 1.807) is 0 Å². The highest BCUT2D eigenvalue weighted by molar-refractivity contribution is 5.94. The third kappa shape index (κ3) is 9.67. The highest BCUT2D eigenvalue weighted by atomic mass is 16.4. The number of carbonyl (C=O) groups is 4. The molecule has 0 aliphatic carbocycles.